The molecule has 2 heteroatoms. The Balaban J connectivity index is 1.86. The summed E-state index contributed by atoms with van der Waals surface area (Å²) in [7, 11) is 0. The molecule has 0 aromatic carbocycles. The van der Waals surface area contributed by atoms with Crippen LogP contribution in [0.1, 0.15) is 39.5 Å². The molecule has 3 rings (SSSR count). The molecular weight excluding hydrogens is 188 g/mol. The van der Waals surface area contributed by atoms with E-state index in [1.807, 2.05) is 6.92 Å². The van der Waals surface area contributed by atoms with E-state index in [0.29, 0.717) is 11.8 Å². The van der Waals surface area contributed by atoms with E-state index in [1.54, 1.807) is 0 Å². The zero-order valence-corrected chi connectivity index (χ0v) is 9.61. The number of carbonyl (C=O) groups excluding carboxylic acids is 1. The molecule has 0 aromatic rings. The Morgan fingerprint density at radius 1 is 1.07 bits per heavy atom. The van der Waals surface area contributed by atoms with Crippen molar-refractivity contribution in [2.24, 2.45) is 29.6 Å². The third-order valence-electron chi connectivity index (χ3n) is 4.93. The lowest BCUT2D eigenvalue weighted by atomic mass is 9.74. The van der Waals surface area contributed by atoms with Gasteiger partial charge in [0, 0.05) is 0 Å². The van der Waals surface area contributed by atoms with Crippen LogP contribution < -0.4 is 0 Å². The molecule has 1 aliphatic heterocycles. The maximum absolute atomic E-state index is 11.8. The van der Waals surface area contributed by atoms with Gasteiger partial charge in [0.15, 0.2) is 0 Å². The molecule has 15 heavy (non-hydrogen) atoms. The van der Waals surface area contributed by atoms with Crippen LogP contribution in [-0.4, -0.2) is 12.1 Å². The minimum absolute atomic E-state index is 0.0536. The van der Waals surface area contributed by atoms with Crippen LogP contribution in [0.5, 0.6) is 0 Å². The van der Waals surface area contributed by atoms with Gasteiger partial charge in [0.2, 0.25) is 0 Å². The molecule has 0 aromatic heterocycles. The molecule has 6 atom stereocenters. The van der Waals surface area contributed by atoms with Crippen LogP contribution in [0.15, 0.2) is 0 Å². The zero-order chi connectivity index (χ0) is 10.6. The van der Waals surface area contributed by atoms with Gasteiger partial charge in [0.25, 0.3) is 0 Å². The third-order valence-corrected chi connectivity index (χ3v) is 4.93. The van der Waals surface area contributed by atoms with E-state index >= 15 is 0 Å². The molecule has 0 amide bonds. The lowest BCUT2D eigenvalue weighted by molar-refractivity contribution is -0.161. The van der Waals surface area contributed by atoms with Crippen molar-refractivity contribution in [1.82, 2.24) is 0 Å². The van der Waals surface area contributed by atoms with E-state index in [0.717, 1.165) is 24.7 Å². The Morgan fingerprint density at radius 3 is 2.53 bits per heavy atom. The van der Waals surface area contributed by atoms with Crippen molar-refractivity contribution in [1.29, 1.82) is 0 Å². The van der Waals surface area contributed by atoms with Crippen LogP contribution >= 0.6 is 0 Å². The van der Waals surface area contributed by atoms with Crippen LogP contribution in [0.3, 0.4) is 0 Å². The standard InChI is InChI=1S/C13H20O2/c1-7-3-8(2)13(14)15-12-6-9-4-10(7)11(12)5-9/h7-12H,3-6H2,1-2H3. The summed E-state index contributed by atoms with van der Waals surface area (Å²) in [5.41, 5.74) is 0. The average molecular weight is 208 g/mol. The van der Waals surface area contributed by atoms with Gasteiger partial charge in [-0.05, 0) is 49.4 Å². The maximum atomic E-state index is 11.8. The molecule has 3 fully saturated rings. The molecule has 6 unspecified atom stereocenters. The van der Waals surface area contributed by atoms with Crippen molar-refractivity contribution in [3.63, 3.8) is 0 Å². The monoisotopic (exact) mass is 208 g/mol. The number of hydrogen-bond acceptors (Lipinski definition) is 2. The first-order valence-corrected chi connectivity index (χ1v) is 6.35. The van der Waals surface area contributed by atoms with Crippen molar-refractivity contribution in [3.05, 3.63) is 0 Å². The van der Waals surface area contributed by atoms with Crippen LogP contribution in [0.2, 0.25) is 0 Å². The zero-order valence-electron chi connectivity index (χ0n) is 9.61. The summed E-state index contributed by atoms with van der Waals surface area (Å²) in [6, 6.07) is 0. The van der Waals surface area contributed by atoms with E-state index < -0.39 is 0 Å². The van der Waals surface area contributed by atoms with Gasteiger partial charge >= 0.3 is 5.97 Å². The first kappa shape index (κ1) is 9.68. The lowest BCUT2D eigenvalue weighted by Crippen LogP contribution is -2.37. The summed E-state index contributed by atoms with van der Waals surface area (Å²) in [6.07, 6.45) is 5.16. The molecule has 0 radical (unpaired) electrons. The number of hydrogen-bond donors (Lipinski definition) is 0. The van der Waals surface area contributed by atoms with Gasteiger partial charge in [-0.3, -0.25) is 4.79 Å². The third kappa shape index (κ3) is 1.41. The van der Waals surface area contributed by atoms with Crippen LogP contribution in [0, 0.1) is 29.6 Å². The fraction of sp³-hybridized carbons (Fsp3) is 0.923. The van der Waals surface area contributed by atoms with Gasteiger partial charge < -0.3 is 4.74 Å². The van der Waals surface area contributed by atoms with Crippen molar-refractivity contribution < 1.29 is 9.53 Å². The molecule has 2 saturated carbocycles. The molecule has 1 heterocycles. The second kappa shape index (κ2) is 3.23. The number of carbonyl (C=O) groups is 1. The first-order chi connectivity index (χ1) is 7.15. The quantitative estimate of drug-likeness (QED) is 0.572. The summed E-state index contributed by atoms with van der Waals surface area (Å²) in [5.74, 6) is 3.27. The van der Waals surface area contributed by atoms with Crippen LogP contribution in [-0.2, 0) is 9.53 Å². The number of ether oxygens (including phenoxy) is 1. The highest BCUT2D eigenvalue weighted by molar-refractivity contribution is 5.72. The normalized spacial score (nSPS) is 53.6. The number of fused-ring (bicyclic) bond motifs is 1. The molecule has 0 spiro atoms. The summed E-state index contributed by atoms with van der Waals surface area (Å²) in [4.78, 5) is 11.8. The Kier molecular flexibility index (Phi) is 2.08. The fourth-order valence-electron chi connectivity index (χ4n) is 4.22. The van der Waals surface area contributed by atoms with Gasteiger partial charge in [0.1, 0.15) is 6.10 Å². The minimum Gasteiger partial charge on any atom is -0.462 e. The first-order valence-electron chi connectivity index (χ1n) is 6.35. The molecule has 0 N–H and O–H groups in total. The highest BCUT2D eigenvalue weighted by atomic mass is 16.5. The minimum atomic E-state index is 0.0536. The molecule has 3 aliphatic rings. The summed E-state index contributed by atoms with van der Waals surface area (Å²) >= 11 is 0. The van der Waals surface area contributed by atoms with E-state index in [4.69, 9.17) is 4.74 Å². The molecule has 2 aliphatic carbocycles. The number of esters is 1. The molecule has 2 bridgehead atoms. The second-order valence-corrected chi connectivity index (χ2v) is 5.99. The highest BCUT2D eigenvalue weighted by Crippen LogP contribution is 2.54. The Bertz CT molecular complexity index is 286. The van der Waals surface area contributed by atoms with Gasteiger partial charge in [-0.2, -0.15) is 0 Å². The molecule has 1 saturated heterocycles. The Morgan fingerprint density at radius 2 is 1.80 bits per heavy atom. The predicted molar refractivity (Wildman–Crippen MR) is 57.1 cm³/mol. The van der Waals surface area contributed by atoms with E-state index in [9.17, 15) is 4.79 Å². The molecular formula is C13H20O2. The summed E-state index contributed by atoms with van der Waals surface area (Å²) < 4.78 is 5.64. The Labute approximate surface area is 91.4 Å². The van der Waals surface area contributed by atoms with Crippen LogP contribution in [0.4, 0.5) is 0 Å². The molecule has 2 nitrogen and oxygen atoms in total. The Hall–Kier alpha value is -0.530. The largest absolute Gasteiger partial charge is 0.462 e. The fourth-order valence-corrected chi connectivity index (χ4v) is 4.22. The van der Waals surface area contributed by atoms with Crippen molar-refractivity contribution in [2.45, 2.75) is 45.6 Å². The molecule has 84 valence electrons. The van der Waals surface area contributed by atoms with Crippen molar-refractivity contribution in [3.8, 4) is 0 Å². The van der Waals surface area contributed by atoms with Crippen molar-refractivity contribution >= 4 is 5.97 Å². The van der Waals surface area contributed by atoms with Crippen LogP contribution in [0.25, 0.3) is 0 Å². The second-order valence-electron chi connectivity index (χ2n) is 5.99. The summed E-state index contributed by atoms with van der Waals surface area (Å²) in [5, 5.41) is 0. The average Bonchev–Trinajstić information content (AvgIpc) is 2.74. The predicted octanol–water partition coefficient (Wildman–Crippen LogP) is 2.62. The maximum Gasteiger partial charge on any atom is 0.308 e. The van der Waals surface area contributed by atoms with Gasteiger partial charge in [-0.25, -0.2) is 0 Å². The number of rotatable bonds is 0. The van der Waals surface area contributed by atoms with Gasteiger partial charge in [-0.15, -0.1) is 0 Å². The lowest BCUT2D eigenvalue weighted by Gasteiger charge is -2.37. The summed E-state index contributed by atoms with van der Waals surface area (Å²) in [6.45, 7) is 4.35. The van der Waals surface area contributed by atoms with E-state index in [2.05, 4.69) is 6.92 Å². The topological polar surface area (TPSA) is 26.3 Å². The smallest absolute Gasteiger partial charge is 0.308 e. The van der Waals surface area contributed by atoms with Gasteiger partial charge in [-0.1, -0.05) is 13.8 Å². The van der Waals surface area contributed by atoms with Gasteiger partial charge in [0.05, 0.1) is 5.92 Å². The van der Waals surface area contributed by atoms with E-state index in [1.165, 1.54) is 12.8 Å². The SMILES string of the molecule is CC1CC(C)C2CC3CC(OC1=O)C2C3. The van der Waals surface area contributed by atoms with E-state index in [-0.39, 0.29) is 18.0 Å². The van der Waals surface area contributed by atoms with Crippen molar-refractivity contribution in [2.75, 3.05) is 0 Å². The highest BCUT2D eigenvalue weighted by Gasteiger charge is 2.51.